The lowest BCUT2D eigenvalue weighted by Gasteiger charge is -2.30. The second-order valence-corrected chi connectivity index (χ2v) is 4.42. The molecule has 1 aliphatic rings. The number of hydrogen-bond acceptors (Lipinski definition) is 1. The van der Waals surface area contributed by atoms with Crippen molar-refractivity contribution in [3.05, 3.63) is 59.7 Å². The summed E-state index contributed by atoms with van der Waals surface area (Å²) in [5, 5.41) is 0. The van der Waals surface area contributed by atoms with Crippen LogP contribution in [0.2, 0.25) is 0 Å². The lowest BCUT2D eigenvalue weighted by molar-refractivity contribution is 0.0339. The first-order valence-electron chi connectivity index (χ1n) is 5.69. The topological polar surface area (TPSA) is 9.23 Å². The van der Waals surface area contributed by atoms with Crippen molar-refractivity contribution in [1.29, 1.82) is 0 Å². The average Bonchev–Trinajstić information content (AvgIpc) is 2.34. The van der Waals surface area contributed by atoms with Crippen LogP contribution in [0.5, 0.6) is 0 Å². The summed E-state index contributed by atoms with van der Waals surface area (Å²) in [6, 6.07) is 10.5. The van der Waals surface area contributed by atoms with Crippen molar-refractivity contribution in [1.82, 2.24) is 0 Å². The predicted octanol–water partition coefficient (Wildman–Crippen LogP) is 3.52. The van der Waals surface area contributed by atoms with Crippen molar-refractivity contribution in [2.75, 3.05) is 7.11 Å². The molecule has 0 amide bonds. The smallest absolute Gasteiger partial charge is 0.0936 e. The number of rotatable bonds is 3. The summed E-state index contributed by atoms with van der Waals surface area (Å²) in [5.74, 6) is 0. The first-order valence-corrected chi connectivity index (χ1v) is 5.69. The summed E-state index contributed by atoms with van der Waals surface area (Å²) in [4.78, 5) is 0. The predicted molar refractivity (Wildman–Crippen MR) is 67.4 cm³/mol. The molecule has 1 nitrogen and oxygen atoms in total. The van der Waals surface area contributed by atoms with E-state index in [1.807, 2.05) is 6.07 Å². The zero-order chi connectivity index (χ0) is 11.4. The molecule has 0 bridgehead atoms. The van der Waals surface area contributed by atoms with Crippen LogP contribution in [-0.4, -0.2) is 12.7 Å². The lowest BCUT2D eigenvalue weighted by atomic mass is 9.86. The molecule has 0 saturated carbocycles. The number of ether oxygens (including phenoxy) is 1. The molecule has 2 rings (SSSR count). The van der Waals surface area contributed by atoms with E-state index in [1.54, 1.807) is 7.11 Å². The van der Waals surface area contributed by atoms with Crippen molar-refractivity contribution < 1.29 is 4.74 Å². The summed E-state index contributed by atoms with van der Waals surface area (Å²) >= 11 is 0. The van der Waals surface area contributed by atoms with Crippen LogP contribution in [-0.2, 0) is 11.2 Å². The van der Waals surface area contributed by atoms with Crippen LogP contribution in [0.1, 0.15) is 18.9 Å². The molecule has 0 aliphatic heterocycles. The Morgan fingerprint density at radius 1 is 1.25 bits per heavy atom. The van der Waals surface area contributed by atoms with Crippen LogP contribution in [0, 0.1) is 0 Å². The van der Waals surface area contributed by atoms with Crippen LogP contribution in [0.15, 0.2) is 54.1 Å². The number of benzene rings is 1. The van der Waals surface area contributed by atoms with Gasteiger partial charge >= 0.3 is 0 Å². The largest absolute Gasteiger partial charge is 0.373 e. The van der Waals surface area contributed by atoms with Gasteiger partial charge in [-0.1, -0.05) is 54.1 Å². The highest BCUT2D eigenvalue weighted by Crippen LogP contribution is 2.28. The van der Waals surface area contributed by atoms with Gasteiger partial charge in [0.05, 0.1) is 5.60 Å². The second-order valence-electron chi connectivity index (χ2n) is 4.42. The van der Waals surface area contributed by atoms with Crippen LogP contribution >= 0.6 is 0 Å². The molecular weight excluding hydrogens is 196 g/mol. The number of allylic oxidation sites excluding steroid dienone is 2. The molecule has 0 fully saturated rings. The average molecular weight is 214 g/mol. The van der Waals surface area contributed by atoms with Gasteiger partial charge in [0.2, 0.25) is 0 Å². The standard InChI is InChI=1S/C15H18O/c1-13-8-10-15(16-2,11-9-13)12-14-6-4-3-5-7-14/h3-10H,11-12H2,1-2H3. The summed E-state index contributed by atoms with van der Waals surface area (Å²) < 4.78 is 5.70. The van der Waals surface area contributed by atoms with E-state index in [1.165, 1.54) is 11.1 Å². The number of methoxy groups -OCH3 is 1. The van der Waals surface area contributed by atoms with E-state index in [0.717, 1.165) is 12.8 Å². The third kappa shape index (κ3) is 2.42. The number of hydrogen-bond donors (Lipinski definition) is 0. The Morgan fingerprint density at radius 3 is 2.56 bits per heavy atom. The normalized spacial score (nSPS) is 24.2. The minimum Gasteiger partial charge on any atom is -0.373 e. The highest BCUT2D eigenvalue weighted by molar-refractivity contribution is 5.29. The summed E-state index contributed by atoms with van der Waals surface area (Å²) in [6.07, 6.45) is 8.48. The van der Waals surface area contributed by atoms with Crippen LogP contribution in [0.25, 0.3) is 0 Å². The van der Waals surface area contributed by atoms with Gasteiger partial charge in [-0.3, -0.25) is 0 Å². The quantitative estimate of drug-likeness (QED) is 0.748. The molecule has 1 aromatic carbocycles. The van der Waals surface area contributed by atoms with Gasteiger partial charge in [0.1, 0.15) is 0 Å². The van der Waals surface area contributed by atoms with Crippen molar-refractivity contribution in [3.8, 4) is 0 Å². The summed E-state index contributed by atoms with van der Waals surface area (Å²) in [6.45, 7) is 2.12. The van der Waals surface area contributed by atoms with Crippen molar-refractivity contribution >= 4 is 0 Å². The SMILES string of the molecule is COC1(Cc2ccccc2)C=CC(C)=CC1. The third-order valence-corrected chi connectivity index (χ3v) is 3.17. The minimum absolute atomic E-state index is 0.152. The third-order valence-electron chi connectivity index (χ3n) is 3.17. The zero-order valence-electron chi connectivity index (χ0n) is 9.94. The van der Waals surface area contributed by atoms with Gasteiger partial charge in [-0.25, -0.2) is 0 Å². The molecule has 0 saturated heterocycles. The molecule has 0 aromatic heterocycles. The van der Waals surface area contributed by atoms with Gasteiger partial charge in [-0.05, 0) is 18.9 Å². The Bertz CT molecular complexity index is 403. The maximum atomic E-state index is 5.70. The van der Waals surface area contributed by atoms with E-state index in [2.05, 4.69) is 49.4 Å². The van der Waals surface area contributed by atoms with Crippen molar-refractivity contribution in [3.63, 3.8) is 0 Å². The first-order chi connectivity index (χ1) is 7.74. The Labute approximate surface area is 97.4 Å². The Kier molecular flexibility index (Phi) is 3.25. The van der Waals surface area contributed by atoms with Gasteiger partial charge in [0.15, 0.2) is 0 Å². The molecule has 1 aromatic rings. The minimum atomic E-state index is -0.152. The van der Waals surface area contributed by atoms with E-state index < -0.39 is 0 Å². The van der Waals surface area contributed by atoms with E-state index in [9.17, 15) is 0 Å². The van der Waals surface area contributed by atoms with Crippen LogP contribution in [0.3, 0.4) is 0 Å². The molecule has 1 atom stereocenters. The van der Waals surface area contributed by atoms with Gasteiger partial charge in [0, 0.05) is 13.5 Å². The van der Waals surface area contributed by atoms with Gasteiger partial charge in [-0.2, -0.15) is 0 Å². The van der Waals surface area contributed by atoms with Gasteiger partial charge < -0.3 is 4.74 Å². The van der Waals surface area contributed by atoms with E-state index in [-0.39, 0.29) is 5.60 Å². The molecule has 16 heavy (non-hydrogen) atoms. The lowest BCUT2D eigenvalue weighted by Crippen LogP contribution is -2.32. The van der Waals surface area contributed by atoms with Gasteiger partial charge in [0.25, 0.3) is 0 Å². The Balaban J connectivity index is 2.16. The Hall–Kier alpha value is -1.34. The fraction of sp³-hybridized carbons (Fsp3) is 0.333. The van der Waals surface area contributed by atoms with Crippen LogP contribution < -0.4 is 0 Å². The molecule has 0 N–H and O–H groups in total. The molecular formula is C15H18O. The maximum absolute atomic E-state index is 5.70. The molecule has 84 valence electrons. The van der Waals surface area contributed by atoms with Crippen molar-refractivity contribution in [2.45, 2.75) is 25.4 Å². The highest BCUT2D eigenvalue weighted by Gasteiger charge is 2.27. The summed E-state index contributed by atoms with van der Waals surface area (Å²) in [7, 11) is 1.79. The van der Waals surface area contributed by atoms with E-state index in [4.69, 9.17) is 4.74 Å². The van der Waals surface area contributed by atoms with E-state index >= 15 is 0 Å². The molecule has 1 unspecified atom stereocenters. The van der Waals surface area contributed by atoms with Crippen molar-refractivity contribution in [2.24, 2.45) is 0 Å². The van der Waals surface area contributed by atoms with E-state index in [0.29, 0.717) is 0 Å². The molecule has 0 radical (unpaired) electrons. The van der Waals surface area contributed by atoms with Gasteiger partial charge in [-0.15, -0.1) is 0 Å². The molecule has 1 aliphatic carbocycles. The first kappa shape index (κ1) is 11.2. The fourth-order valence-electron chi connectivity index (χ4n) is 2.05. The molecule has 1 heteroatoms. The summed E-state index contributed by atoms with van der Waals surface area (Å²) in [5.41, 5.74) is 2.49. The monoisotopic (exact) mass is 214 g/mol. The maximum Gasteiger partial charge on any atom is 0.0936 e. The molecule has 0 heterocycles. The van der Waals surface area contributed by atoms with Crippen LogP contribution in [0.4, 0.5) is 0 Å². The zero-order valence-corrected chi connectivity index (χ0v) is 9.94. The second kappa shape index (κ2) is 4.67. The fourth-order valence-corrected chi connectivity index (χ4v) is 2.05. The molecule has 0 spiro atoms. The Morgan fingerprint density at radius 2 is 2.00 bits per heavy atom. The highest BCUT2D eigenvalue weighted by atomic mass is 16.5.